The van der Waals surface area contributed by atoms with Crippen molar-refractivity contribution in [1.29, 1.82) is 0 Å². The van der Waals surface area contributed by atoms with Crippen molar-refractivity contribution in [2.45, 2.75) is 88.5 Å². The molecule has 0 bridgehead atoms. The molecule has 0 aromatic heterocycles. The van der Waals surface area contributed by atoms with Crippen LogP contribution in [0.1, 0.15) is 64.9 Å². The smallest absolute Gasteiger partial charge is 0.244 e. The van der Waals surface area contributed by atoms with E-state index in [1.165, 1.54) is 6.92 Å². The van der Waals surface area contributed by atoms with Gasteiger partial charge in [0.05, 0.1) is 31.8 Å². The first kappa shape index (κ1) is 32.6. The molecule has 0 saturated carbocycles. The number of allylic oxidation sites excluding steroid dienone is 2. The SMILES string of the molecule is COc1ccc(CC(NC(=O)[C@H](C)NC(=O)CN2CCC(C)(O)CC2)(C(N)=O)[C@H](CC2=CCCC2)C(=O)[C@@]2(C)CO2)cc1. The number of primary amides is 1. The topological polar surface area (TPSA) is 164 Å². The molecule has 2 fully saturated rings. The summed E-state index contributed by atoms with van der Waals surface area (Å²) < 4.78 is 10.8. The van der Waals surface area contributed by atoms with Crippen LogP contribution in [0.3, 0.4) is 0 Å². The highest BCUT2D eigenvalue weighted by atomic mass is 16.6. The van der Waals surface area contributed by atoms with Crippen LogP contribution < -0.4 is 21.1 Å². The Morgan fingerprint density at radius 3 is 2.35 bits per heavy atom. The van der Waals surface area contributed by atoms with E-state index in [4.69, 9.17) is 15.2 Å². The minimum Gasteiger partial charge on any atom is -0.497 e. The largest absolute Gasteiger partial charge is 0.497 e. The highest BCUT2D eigenvalue weighted by Crippen LogP contribution is 2.40. The van der Waals surface area contributed by atoms with Gasteiger partial charge in [0.25, 0.3) is 0 Å². The van der Waals surface area contributed by atoms with E-state index in [0.29, 0.717) is 37.2 Å². The van der Waals surface area contributed by atoms with Gasteiger partial charge in [-0.3, -0.25) is 24.1 Å². The van der Waals surface area contributed by atoms with Crippen molar-refractivity contribution in [2.24, 2.45) is 11.7 Å². The monoisotopic (exact) mass is 598 g/mol. The number of hydrogen-bond donors (Lipinski definition) is 4. The van der Waals surface area contributed by atoms with Gasteiger partial charge in [0.15, 0.2) is 5.78 Å². The maximum Gasteiger partial charge on any atom is 0.244 e. The Morgan fingerprint density at radius 2 is 1.81 bits per heavy atom. The van der Waals surface area contributed by atoms with Gasteiger partial charge in [-0.2, -0.15) is 0 Å². The number of aliphatic hydroxyl groups is 1. The summed E-state index contributed by atoms with van der Waals surface area (Å²) in [6.45, 7) is 6.44. The van der Waals surface area contributed by atoms with E-state index in [1.807, 2.05) is 4.90 Å². The lowest BCUT2D eigenvalue weighted by atomic mass is 9.70. The molecule has 2 saturated heterocycles. The Kier molecular flexibility index (Phi) is 9.98. The molecule has 1 unspecified atom stereocenters. The number of nitrogens with two attached hydrogens (primary N) is 1. The number of Topliss-reactive ketones (excluding diaryl/α,β-unsaturated/α-hetero) is 1. The molecule has 0 radical (unpaired) electrons. The van der Waals surface area contributed by atoms with Gasteiger partial charge in [0.2, 0.25) is 17.7 Å². The Bertz CT molecular complexity index is 1230. The van der Waals surface area contributed by atoms with Crippen molar-refractivity contribution in [2.75, 3.05) is 33.4 Å². The van der Waals surface area contributed by atoms with Gasteiger partial charge in [-0.1, -0.05) is 23.8 Å². The number of ketones is 1. The number of nitrogens with one attached hydrogen (secondary N) is 2. The number of benzene rings is 1. The Morgan fingerprint density at radius 1 is 1.16 bits per heavy atom. The molecular formula is C32H46N4O7. The lowest BCUT2D eigenvalue weighted by Crippen LogP contribution is -2.68. The fraction of sp³-hybridized carbons (Fsp3) is 0.625. The fourth-order valence-electron chi connectivity index (χ4n) is 6.01. The quantitative estimate of drug-likeness (QED) is 0.184. The van der Waals surface area contributed by atoms with Gasteiger partial charge in [-0.25, -0.2) is 0 Å². The summed E-state index contributed by atoms with van der Waals surface area (Å²) in [5.41, 5.74) is 4.26. The first-order valence-electron chi connectivity index (χ1n) is 15.1. The molecule has 43 heavy (non-hydrogen) atoms. The number of carbonyl (C=O) groups excluding carboxylic acids is 4. The van der Waals surface area contributed by atoms with Crippen LogP contribution in [-0.2, 0) is 30.3 Å². The third-order valence-electron chi connectivity index (χ3n) is 9.11. The van der Waals surface area contributed by atoms with Gasteiger partial charge >= 0.3 is 0 Å². The minimum atomic E-state index is -1.79. The average Bonchev–Trinajstić information content (AvgIpc) is 3.50. The van der Waals surface area contributed by atoms with E-state index < -0.39 is 40.5 Å². The van der Waals surface area contributed by atoms with E-state index in [-0.39, 0.29) is 37.7 Å². The van der Waals surface area contributed by atoms with E-state index in [9.17, 15) is 24.3 Å². The van der Waals surface area contributed by atoms with Crippen LogP contribution in [0.4, 0.5) is 0 Å². The number of nitrogens with zero attached hydrogens (tertiary/aromatic N) is 1. The normalized spacial score (nSPS) is 24.2. The number of methoxy groups -OCH3 is 1. The number of amides is 3. The molecule has 1 aromatic carbocycles. The maximum atomic E-state index is 14.0. The lowest BCUT2D eigenvalue weighted by Gasteiger charge is -2.40. The molecule has 2 aliphatic heterocycles. The second-order valence-electron chi connectivity index (χ2n) is 12.8. The van der Waals surface area contributed by atoms with Crippen molar-refractivity contribution in [3.8, 4) is 5.75 Å². The van der Waals surface area contributed by atoms with Crippen LogP contribution in [-0.4, -0.2) is 89.6 Å². The van der Waals surface area contributed by atoms with Crippen molar-refractivity contribution in [3.63, 3.8) is 0 Å². The molecule has 236 valence electrons. The van der Waals surface area contributed by atoms with Crippen LogP contribution in [0.5, 0.6) is 5.75 Å². The van der Waals surface area contributed by atoms with E-state index >= 15 is 0 Å². The van der Waals surface area contributed by atoms with Gasteiger partial charge in [-0.05, 0) is 77.0 Å². The maximum absolute atomic E-state index is 14.0. The number of epoxide rings is 1. The van der Waals surface area contributed by atoms with Gasteiger partial charge in [0, 0.05) is 19.5 Å². The summed E-state index contributed by atoms with van der Waals surface area (Å²) in [5.74, 6) is -2.47. The standard InChI is InChI=1S/C32H46N4O7/c1-21(34-26(37)19-36-15-13-30(2,41)14-16-36)28(39)35-32(29(33)40,18-23-9-11-24(42-4)12-10-23)25(17-22-7-5-6-8-22)27(38)31(3)20-43-31/h7,9-12,21,25,41H,5-6,8,13-20H2,1-4H3,(H2,33,40)(H,34,37)(H,35,39)/t21-,25+,31+,32?/m0/s1. The zero-order valence-corrected chi connectivity index (χ0v) is 25.7. The summed E-state index contributed by atoms with van der Waals surface area (Å²) in [7, 11) is 1.55. The summed E-state index contributed by atoms with van der Waals surface area (Å²) in [6, 6.07) is 6.02. The molecule has 4 atom stereocenters. The zero-order chi connectivity index (χ0) is 31.4. The zero-order valence-electron chi connectivity index (χ0n) is 25.7. The first-order chi connectivity index (χ1) is 20.3. The Balaban J connectivity index is 1.60. The summed E-state index contributed by atoms with van der Waals surface area (Å²) in [5, 5.41) is 15.8. The highest BCUT2D eigenvalue weighted by molar-refractivity contribution is 6.02. The van der Waals surface area contributed by atoms with Crippen LogP contribution in [0, 0.1) is 5.92 Å². The predicted octanol–water partition coefficient (Wildman–Crippen LogP) is 1.40. The van der Waals surface area contributed by atoms with Crippen molar-refractivity contribution in [3.05, 3.63) is 41.5 Å². The number of hydrogen-bond acceptors (Lipinski definition) is 8. The van der Waals surface area contributed by atoms with E-state index in [1.54, 1.807) is 45.2 Å². The summed E-state index contributed by atoms with van der Waals surface area (Å²) >= 11 is 0. The first-order valence-corrected chi connectivity index (χ1v) is 15.1. The van der Waals surface area contributed by atoms with Crippen LogP contribution >= 0.6 is 0 Å². The Labute approximate surface area is 253 Å². The molecule has 3 amide bonds. The molecule has 0 spiro atoms. The molecule has 1 aromatic rings. The third kappa shape index (κ3) is 8.01. The molecular weight excluding hydrogens is 552 g/mol. The Hall–Kier alpha value is -3.28. The number of likely N-dealkylation sites (tertiary alicyclic amines) is 1. The van der Waals surface area contributed by atoms with E-state index in [2.05, 4.69) is 16.7 Å². The van der Waals surface area contributed by atoms with Crippen LogP contribution in [0.15, 0.2) is 35.9 Å². The van der Waals surface area contributed by atoms with Crippen LogP contribution in [0.2, 0.25) is 0 Å². The summed E-state index contributed by atoms with van der Waals surface area (Å²) in [4.78, 5) is 56.1. The molecule has 5 N–H and O–H groups in total. The second kappa shape index (κ2) is 13.2. The van der Waals surface area contributed by atoms with Crippen molar-refractivity contribution >= 4 is 23.5 Å². The highest BCUT2D eigenvalue weighted by Gasteiger charge is 2.58. The predicted molar refractivity (Wildman–Crippen MR) is 160 cm³/mol. The molecule has 1 aliphatic carbocycles. The molecule has 2 heterocycles. The number of ether oxygens (including phenoxy) is 2. The summed E-state index contributed by atoms with van der Waals surface area (Å²) in [6.07, 6.45) is 6.05. The molecule has 4 rings (SSSR count). The average molecular weight is 599 g/mol. The number of piperidine rings is 1. The third-order valence-corrected chi connectivity index (χ3v) is 9.11. The van der Waals surface area contributed by atoms with Gasteiger partial charge in [0.1, 0.15) is 22.9 Å². The molecule has 3 aliphatic rings. The lowest BCUT2D eigenvalue weighted by molar-refractivity contribution is -0.142. The molecule has 11 nitrogen and oxygen atoms in total. The molecule has 11 heteroatoms. The van der Waals surface area contributed by atoms with Crippen molar-refractivity contribution < 1.29 is 33.8 Å². The fourth-order valence-corrected chi connectivity index (χ4v) is 6.01. The number of carbonyl (C=O) groups is 4. The van der Waals surface area contributed by atoms with Gasteiger partial charge < -0.3 is 30.9 Å². The van der Waals surface area contributed by atoms with Crippen molar-refractivity contribution in [1.82, 2.24) is 15.5 Å². The van der Waals surface area contributed by atoms with E-state index in [0.717, 1.165) is 24.8 Å². The second-order valence-corrected chi connectivity index (χ2v) is 12.8. The van der Waals surface area contributed by atoms with Gasteiger partial charge in [-0.15, -0.1) is 0 Å². The number of rotatable bonds is 14. The minimum absolute atomic E-state index is 0.0355. The van der Waals surface area contributed by atoms with Crippen LogP contribution in [0.25, 0.3) is 0 Å².